The summed E-state index contributed by atoms with van der Waals surface area (Å²) < 4.78 is 2.30. The van der Waals surface area contributed by atoms with Gasteiger partial charge in [-0.25, -0.2) is 0 Å². The Hall–Kier alpha value is -3.12. The molecule has 0 saturated carbocycles. The first-order chi connectivity index (χ1) is 14.9. The highest BCUT2D eigenvalue weighted by molar-refractivity contribution is 5.99. The second kappa shape index (κ2) is 7.54. The van der Waals surface area contributed by atoms with Crippen molar-refractivity contribution in [3.63, 3.8) is 0 Å². The predicted molar refractivity (Wildman–Crippen MR) is 120 cm³/mol. The van der Waals surface area contributed by atoms with E-state index >= 15 is 0 Å². The van der Waals surface area contributed by atoms with Gasteiger partial charge in [-0.2, -0.15) is 0 Å². The second-order valence-corrected chi connectivity index (χ2v) is 9.15. The molecule has 2 fully saturated rings. The molecule has 3 heterocycles. The molecule has 160 valence electrons. The lowest BCUT2D eigenvalue weighted by molar-refractivity contribution is -0.157. The van der Waals surface area contributed by atoms with E-state index in [4.69, 9.17) is 0 Å². The van der Waals surface area contributed by atoms with Crippen molar-refractivity contribution < 1.29 is 9.59 Å². The van der Waals surface area contributed by atoms with Crippen LogP contribution >= 0.6 is 0 Å². The molecular weight excluding hydrogens is 388 g/mol. The molecule has 31 heavy (non-hydrogen) atoms. The van der Waals surface area contributed by atoms with Crippen molar-refractivity contribution >= 4 is 22.7 Å². The van der Waals surface area contributed by atoms with Crippen molar-refractivity contribution in [1.29, 1.82) is 0 Å². The normalized spacial score (nSPS) is 21.2. The first-order valence-corrected chi connectivity index (χ1v) is 10.9. The number of nitrogens with zero attached hydrogens (tertiary/aromatic N) is 3. The van der Waals surface area contributed by atoms with Gasteiger partial charge in [0.05, 0.1) is 0 Å². The molecule has 6 heteroatoms. The van der Waals surface area contributed by atoms with Gasteiger partial charge in [-0.15, -0.1) is 0 Å². The van der Waals surface area contributed by atoms with Crippen LogP contribution in [0.25, 0.3) is 10.9 Å². The highest BCUT2D eigenvalue weighted by Gasteiger charge is 2.47. The number of nitrogens with one attached hydrogen (secondary N) is 1. The van der Waals surface area contributed by atoms with Crippen LogP contribution in [-0.2, 0) is 22.7 Å². The fraction of sp³-hybridized carbons (Fsp3) is 0.360. The SMILES string of the molecule is CC1(C)NC(=O)C2CN(Cc3cn(Cc4ccccc4)c4ccccc34)CCN2C1=O. The lowest BCUT2D eigenvalue weighted by Gasteiger charge is -2.47. The van der Waals surface area contributed by atoms with Gasteiger partial charge in [-0.05, 0) is 31.0 Å². The first kappa shape index (κ1) is 19.8. The summed E-state index contributed by atoms with van der Waals surface area (Å²) in [5, 5.41) is 4.13. The smallest absolute Gasteiger partial charge is 0.248 e. The van der Waals surface area contributed by atoms with Gasteiger partial charge in [0.15, 0.2) is 0 Å². The van der Waals surface area contributed by atoms with Crippen LogP contribution in [0.5, 0.6) is 0 Å². The number of rotatable bonds is 4. The largest absolute Gasteiger partial charge is 0.343 e. The van der Waals surface area contributed by atoms with Gasteiger partial charge in [-0.1, -0.05) is 48.5 Å². The first-order valence-electron chi connectivity index (χ1n) is 10.9. The summed E-state index contributed by atoms with van der Waals surface area (Å²) in [5.74, 6) is -0.0444. The van der Waals surface area contributed by atoms with Crippen molar-refractivity contribution in [3.8, 4) is 0 Å². The third-order valence-electron chi connectivity index (χ3n) is 6.46. The number of carbonyl (C=O) groups excluding carboxylic acids is 2. The van der Waals surface area contributed by atoms with E-state index < -0.39 is 11.6 Å². The maximum absolute atomic E-state index is 12.7. The maximum Gasteiger partial charge on any atom is 0.248 e. The van der Waals surface area contributed by atoms with Gasteiger partial charge in [0.1, 0.15) is 11.6 Å². The molecule has 2 saturated heterocycles. The topological polar surface area (TPSA) is 57.6 Å². The Morgan fingerprint density at radius 3 is 2.52 bits per heavy atom. The number of hydrogen-bond acceptors (Lipinski definition) is 3. The molecule has 2 aromatic carbocycles. The van der Waals surface area contributed by atoms with Crippen molar-refractivity contribution in [1.82, 2.24) is 19.7 Å². The number of para-hydroxylation sites is 1. The van der Waals surface area contributed by atoms with E-state index in [1.165, 1.54) is 22.0 Å². The van der Waals surface area contributed by atoms with Crippen LogP contribution in [0.3, 0.4) is 0 Å². The van der Waals surface area contributed by atoms with E-state index in [2.05, 4.69) is 69.5 Å². The second-order valence-electron chi connectivity index (χ2n) is 9.15. The minimum absolute atomic E-state index is 0.0104. The average Bonchev–Trinajstić information content (AvgIpc) is 3.10. The number of benzene rings is 2. The van der Waals surface area contributed by atoms with E-state index in [1.807, 2.05) is 6.07 Å². The van der Waals surface area contributed by atoms with Crippen molar-refractivity contribution in [2.75, 3.05) is 19.6 Å². The average molecular weight is 417 g/mol. The zero-order chi connectivity index (χ0) is 21.6. The number of aromatic nitrogens is 1. The van der Waals surface area contributed by atoms with Crippen molar-refractivity contribution in [3.05, 3.63) is 71.9 Å². The molecule has 2 aliphatic rings. The molecular formula is C25H28N4O2. The molecule has 2 aliphatic heterocycles. The molecule has 0 bridgehead atoms. The summed E-state index contributed by atoms with van der Waals surface area (Å²) in [4.78, 5) is 29.5. The van der Waals surface area contributed by atoms with Crippen LogP contribution in [0.2, 0.25) is 0 Å². The fourth-order valence-electron chi connectivity index (χ4n) is 4.85. The van der Waals surface area contributed by atoms with Gasteiger partial charge in [-0.3, -0.25) is 14.5 Å². The number of piperazine rings is 2. The van der Waals surface area contributed by atoms with Gasteiger partial charge in [0.2, 0.25) is 11.8 Å². The molecule has 0 aliphatic carbocycles. The molecule has 1 atom stereocenters. The Labute approximate surface area is 182 Å². The third-order valence-corrected chi connectivity index (χ3v) is 6.46. The van der Waals surface area contributed by atoms with E-state index in [9.17, 15) is 9.59 Å². The van der Waals surface area contributed by atoms with Crippen LogP contribution < -0.4 is 5.32 Å². The molecule has 0 spiro atoms. The van der Waals surface area contributed by atoms with Gasteiger partial charge >= 0.3 is 0 Å². The molecule has 1 N–H and O–H groups in total. The molecule has 0 radical (unpaired) electrons. The molecule has 3 aromatic rings. The Kier molecular flexibility index (Phi) is 4.82. The van der Waals surface area contributed by atoms with E-state index in [0.29, 0.717) is 13.1 Å². The minimum Gasteiger partial charge on any atom is -0.343 e. The van der Waals surface area contributed by atoms with Crippen molar-refractivity contribution in [2.45, 2.75) is 38.5 Å². The highest BCUT2D eigenvalue weighted by Crippen LogP contribution is 2.26. The van der Waals surface area contributed by atoms with Crippen molar-refractivity contribution in [2.24, 2.45) is 0 Å². The summed E-state index contributed by atoms with van der Waals surface area (Å²) in [6.07, 6.45) is 2.24. The Bertz CT molecular complexity index is 1130. The van der Waals surface area contributed by atoms with Gasteiger partial charge in [0.25, 0.3) is 0 Å². The molecule has 1 aromatic heterocycles. The van der Waals surface area contributed by atoms with E-state index in [1.54, 1.807) is 18.7 Å². The molecule has 6 nitrogen and oxygen atoms in total. The lowest BCUT2D eigenvalue weighted by atomic mass is 9.95. The molecule has 2 amide bonds. The Morgan fingerprint density at radius 1 is 0.968 bits per heavy atom. The third kappa shape index (κ3) is 3.61. The molecule has 1 unspecified atom stereocenters. The monoisotopic (exact) mass is 416 g/mol. The fourth-order valence-corrected chi connectivity index (χ4v) is 4.85. The summed E-state index contributed by atoms with van der Waals surface area (Å²) in [7, 11) is 0. The highest BCUT2D eigenvalue weighted by atomic mass is 16.2. The number of hydrogen-bond donors (Lipinski definition) is 1. The zero-order valence-corrected chi connectivity index (χ0v) is 18.0. The Morgan fingerprint density at radius 2 is 1.71 bits per heavy atom. The number of amides is 2. The number of fused-ring (bicyclic) bond motifs is 2. The quantitative estimate of drug-likeness (QED) is 0.711. The lowest BCUT2D eigenvalue weighted by Crippen LogP contribution is -2.72. The summed E-state index contributed by atoms with van der Waals surface area (Å²) in [5.41, 5.74) is 2.92. The van der Waals surface area contributed by atoms with Crippen LogP contribution in [0.4, 0.5) is 0 Å². The molecule has 5 rings (SSSR count). The Balaban J connectivity index is 1.38. The van der Waals surface area contributed by atoms with Gasteiger partial charge < -0.3 is 14.8 Å². The minimum atomic E-state index is -0.819. The van der Waals surface area contributed by atoms with Crippen LogP contribution in [-0.4, -0.2) is 57.4 Å². The standard InChI is InChI=1S/C25H28N4O2/c1-25(2)24(31)29-13-12-27(17-22(29)23(30)26-25)15-19-16-28(14-18-8-4-3-5-9-18)21-11-7-6-10-20(19)21/h3-11,16,22H,12-15,17H2,1-2H3,(H,26,30). The zero-order valence-electron chi connectivity index (χ0n) is 18.0. The van der Waals surface area contributed by atoms with E-state index in [-0.39, 0.29) is 11.8 Å². The van der Waals surface area contributed by atoms with Crippen LogP contribution in [0.15, 0.2) is 60.8 Å². The number of carbonyl (C=O) groups is 2. The summed E-state index contributed by atoms with van der Waals surface area (Å²) in [6, 6.07) is 18.5. The van der Waals surface area contributed by atoms with Gasteiger partial charge in [0, 0.05) is 49.8 Å². The van der Waals surface area contributed by atoms with Crippen LogP contribution in [0.1, 0.15) is 25.0 Å². The predicted octanol–water partition coefficient (Wildman–Crippen LogP) is 2.61. The summed E-state index contributed by atoms with van der Waals surface area (Å²) in [6.45, 7) is 7.05. The van der Waals surface area contributed by atoms with Crippen LogP contribution in [0, 0.1) is 0 Å². The summed E-state index contributed by atoms with van der Waals surface area (Å²) >= 11 is 0. The maximum atomic E-state index is 12.7. The van der Waals surface area contributed by atoms with E-state index in [0.717, 1.165) is 19.6 Å².